The van der Waals surface area contributed by atoms with E-state index in [1.165, 1.54) is 19.3 Å². The first-order valence-electron chi connectivity index (χ1n) is 6.38. The average Bonchev–Trinajstić information content (AvgIpc) is 2.28. The zero-order chi connectivity index (χ0) is 12.7. The molecule has 1 unspecified atom stereocenters. The van der Waals surface area contributed by atoms with Crippen molar-refractivity contribution in [1.29, 1.82) is 0 Å². The van der Waals surface area contributed by atoms with Crippen molar-refractivity contribution in [1.82, 2.24) is 4.98 Å². The highest BCUT2D eigenvalue weighted by Gasteiger charge is 2.04. The Balaban J connectivity index is 2.36. The van der Waals surface area contributed by atoms with Gasteiger partial charge >= 0.3 is 0 Å². The van der Waals surface area contributed by atoms with E-state index in [-0.39, 0.29) is 0 Å². The maximum absolute atomic E-state index is 5.10. The number of rotatable bonds is 7. The second-order valence-electron chi connectivity index (χ2n) is 4.96. The highest BCUT2D eigenvalue weighted by atomic mass is 16.5. The van der Waals surface area contributed by atoms with Crippen molar-refractivity contribution >= 4 is 5.69 Å². The van der Waals surface area contributed by atoms with Crippen LogP contribution in [0.25, 0.3) is 0 Å². The van der Waals surface area contributed by atoms with Gasteiger partial charge in [-0.1, -0.05) is 26.7 Å². The second kappa shape index (κ2) is 7.15. The number of hydrogen-bond acceptors (Lipinski definition) is 3. The van der Waals surface area contributed by atoms with Gasteiger partial charge < -0.3 is 10.1 Å². The summed E-state index contributed by atoms with van der Waals surface area (Å²) in [5.41, 5.74) is 1.08. The fraction of sp³-hybridized carbons (Fsp3) is 0.643. The van der Waals surface area contributed by atoms with Crippen molar-refractivity contribution in [3.63, 3.8) is 0 Å². The fourth-order valence-electron chi connectivity index (χ4n) is 1.80. The van der Waals surface area contributed by atoms with E-state index in [4.69, 9.17) is 4.74 Å². The molecule has 0 amide bonds. The van der Waals surface area contributed by atoms with Crippen LogP contribution in [0.1, 0.15) is 40.0 Å². The average molecular weight is 236 g/mol. The summed E-state index contributed by atoms with van der Waals surface area (Å²) in [5.74, 6) is 1.45. The topological polar surface area (TPSA) is 34.1 Å². The molecule has 0 bridgehead atoms. The van der Waals surface area contributed by atoms with Crippen LogP contribution in [0.15, 0.2) is 18.3 Å². The lowest BCUT2D eigenvalue weighted by Crippen LogP contribution is -2.15. The highest BCUT2D eigenvalue weighted by molar-refractivity contribution is 5.45. The van der Waals surface area contributed by atoms with Gasteiger partial charge in [-0.25, -0.2) is 4.98 Å². The summed E-state index contributed by atoms with van der Waals surface area (Å²) in [6.45, 7) is 6.75. The predicted molar refractivity (Wildman–Crippen MR) is 72.6 cm³/mol. The number of ether oxygens (including phenoxy) is 1. The van der Waals surface area contributed by atoms with Gasteiger partial charge in [-0.15, -0.1) is 0 Å². The molecule has 1 heterocycles. The first kappa shape index (κ1) is 13.8. The van der Waals surface area contributed by atoms with Gasteiger partial charge in [-0.05, 0) is 25.3 Å². The summed E-state index contributed by atoms with van der Waals surface area (Å²) >= 11 is 0. The van der Waals surface area contributed by atoms with Crippen LogP contribution in [-0.2, 0) is 0 Å². The summed E-state index contributed by atoms with van der Waals surface area (Å²) in [7, 11) is 1.64. The standard InChI is InChI=1S/C14H24N2O/c1-11(2)6-5-7-12(3)16-13-8-9-15-14(10-13)17-4/h8-12H,5-7H2,1-4H3,(H,15,16). The van der Waals surface area contributed by atoms with Gasteiger partial charge in [0.15, 0.2) is 0 Å². The van der Waals surface area contributed by atoms with Crippen LogP contribution >= 0.6 is 0 Å². The van der Waals surface area contributed by atoms with Crippen LogP contribution in [0.2, 0.25) is 0 Å². The molecule has 1 rings (SSSR count). The Kier molecular flexibility index (Phi) is 5.81. The summed E-state index contributed by atoms with van der Waals surface area (Å²) in [6, 6.07) is 4.39. The van der Waals surface area contributed by atoms with Crippen LogP contribution < -0.4 is 10.1 Å². The number of nitrogens with zero attached hydrogens (tertiary/aromatic N) is 1. The van der Waals surface area contributed by atoms with E-state index in [1.54, 1.807) is 13.3 Å². The minimum absolute atomic E-state index is 0.487. The lowest BCUT2D eigenvalue weighted by atomic mass is 10.0. The Bertz CT molecular complexity index is 326. The van der Waals surface area contributed by atoms with Gasteiger partial charge in [0.2, 0.25) is 5.88 Å². The van der Waals surface area contributed by atoms with Gasteiger partial charge in [-0.3, -0.25) is 0 Å². The molecule has 1 aromatic rings. The lowest BCUT2D eigenvalue weighted by Gasteiger charge is -2.16. The van der Waals surface area contributed by atoms with Crippen LogP contribution in [0.3, 0.4) is 0 Å². The molecule has 1 atom stereocenters. The Morgan fingerprint density at radius 1 is 1.29 bits per heavy atom. The SMILES string of the molecule is COc1cc(NC(C)CCCC(C)C)ccn1. The van der Waals surface area contributed by atoms with Crippen molar-refractivity contribution < 1.29 is 4.74 Å². The number of pyridine rings is 1. The van der Waals surface area contributed by atoms with Crippen molar-refractivity contribution in [3.05, 3.63) is 18.3 Å². The molecular weight excluding hydrogens is 212 g/mol. The summed E-state index contributed by atoms with van der Waals surface area (Å²) < 4.78 is 5.10. The number of methoxy groups -OCH3 is 1. The van der Waals surface area contributed by atoms with Crippen LogP contribution in [-0.4, -0.2) is 18.1 Å². The van der Waals surface area contributed by atoms with Crippen LogP contribution in [0.4, 0.5) is 5.69 Å². The third-order valence-corrected chi connectivity index (χ3v) is 2.78. The Labute approximate surface area is 105 Å². The molecule has 1 aromatic heterocycles. The van der Waals surface area contributed by atoms with Crippen LogP contribution in [0.5, 0.6) is 5.88 Å². The zero-order valence-corrected chi connectivity index (χ0v) is 11.4. The molecule has 0 saturated carbocycles. The van der Waals surface area contributed by atoms with Gasteiger partial charge in [0, 0.05) is 24.0 Å². The van der Waals surface area contributed by atoms with E-state index < -0.39 is 0 Å². The smallest absolute Gasteiger partial charge is 0.214 e. The lowest BCUT2D eigenvalue weighted by molar-refractivity contribution is 0.398. The van der Waals surface area contributed by atoms with E-state index in [9.17, 15) is 0 Å². The summed E-state index contributed by atoms with van der Waals surface area (Å²) in [4.78, 5) is 4.09. The van der Waals surface area contributed by atoms with E-state index in [0.29, 0.717) is 11.9 Å². The van der Waals surface area contributed by atoms with Crippen molar-refractivity contribution in [2.24, 2.45) is 5.92 Å². The first-order valence-corrected chi connectivity index (χ1v) is 6.38. The molecule has 0 aromatic carbocycles. The third-order valence-electron chi connectivity index (χ3n) is 2.78. The number of aromatic nitrogens is 1. The Morgan fingerprint density at radius 2 is 2.06 bits per heavy atom. The molecule has 0 saturated heterocycles. The maximum atomic E-state index is 5.10. The quantitative estimate of drug-likeness (QED) is 0.783. The molecule has 96 valence electrons. The molecule has 0 aliphatic carbocycles. The highest BCUT2D eigenvalue weighted by Crippen LogP contribution is 2.16. The zero-order valence-electron chi connectivity index (χ0n) is 11.4. The van der Waals surface area contributed by atoms with E-state index in [2.05, 4.69) is 31.1 Å². The third kappa shape index (κ3) is 5.57. The Hall–Kier alpha value is -1.25. The van der Waals surface area contributed by atoms with Crippen molar-refractivity contribution in [3.8, 4) is 5.88 Å². The molecule has 1 N–H and O–H groups in total. The van der Waals surface area contributed by atoms with Crippen molar-refractivity contribution in [2.45, 2.75) is 46.1 Å². The summed E-state index contributed by atoms with van der Waals surface area (Å²) in [5, 5.41) is 3.47. The number of anilines is 1. The molecule has 3 heteroatoms. The molecule has 3 nitrogen and oxygen atoms in total. The summed E-state index contributed by atoms with van der Waals surface area (Å²) in [6.07, 6.45) is 5.53. The minimum atomic E-state index is 0.487. The van der Waals surface area contributed by atoms with Gasteiger partial charge in [-0.2, -0.15) is 0 Å². The maximum Gasteiger partial charge on any atom is 0.214 e. The predicted octanol–water partition coefficient (Wildman–Crippen LogP) is 3.72. The van der Waals surface area contributed by atoms with E-state index in [1.807, 2.05) is 12.1 Å². The van der Waals surface area contributed by atoms with Gasteiger partial charge in [0.25, 0.3) is 0 Å². The Morgan fingerprint density at radius 3 is 2.71 bits per heavy atom. The van der Waals surface area contributed by atoms with Crippen LogP contribution in [0, 0.1) is 5.92 Å². The molecule has 17 heavy (non-hydrogen) atoms. The molecular formula is C14H24N2O. The van der Waals surface area contributed by atoms with Gasteiger partial charge in [0.1, 0.15) is 0 Å². The second-order valence-corrected chi connectivity index (χ2v) is 4.96. The monoisotopic (exact) mass is 236 g/mol. The number of nitrogens with one attached hydrogen (secondary N) is 1. The molecule has 0 aliphatic heterocycles. The fourth-order valence-corrected chi connectivity index (χ4v) is 1.80. The molecule has 0 radical (unpaired) electrons. The largest absolute Gasteiger partial charge is 0.481 e. The number of hydrogen-bond donors (Lipinski definition) is 1. The molecule has 0 spiro atoms. The normalized spacial score (nSPS) is 12.5. The first-order chi connectivity index (χ1) is 8.11. The van der Waals surface area contributed by atoms with E-state index in [0.717, 1.165) is 11.6 Å². The molecule has 0 aliphatic rings. The van der Waals surface area contributed by atoms with Crippen molar-refractivity contribution in [2.75, 3.05) is 12.4 Å². The molecule has 0 fully saturated rings. The van der Waals surface area contributed by atoms with Gasteiger partial charge in [0.05, 0.1) is 7.11 Å². The van der Waals surface area contributed by atoms with E-state index >= 15 is 0 Å². The minimum Gasteiger partial charge on any atom is -0.481 e.